The maximum Gasteiger partial charge on any atom is 0.407 e. The molecule has 0 radical (unpaired) electrons. The number of hydrogen-bond donors (Lipinski definition) is 5. The van der Waals surface area contributed by atoms with E-state index in [0.717, 1.165) is 11.1 Å². The highest BCUT2D eigenvalue weighted by atomic mass is 16.6. The first-order valence-electron chi connectivity index (χ1n) is 14.2. The molecule has 2 aliphatic heterocycles. The molecule has 6 atom stereocenters. The van der Waals surface area contributed by atoms with Crippen molar-refractivity contribution in [2.45, 2.75) is 62.1 Å². The summed E-state index contributed by atoms with van der Waals surface area (Å²) in [5.41, 5.74) is 1.83. The van der Waals surface area contributed by atoms with Crippen molar-refractivity contribution in [3.63, 3.8) is 0 Å². The predicted octanol–water partition coefficient (Wildman–Crippen LogP) is 1.80. The fourth-order valence-electron chi connectivity index (χ4n) is 5.34. The number of alkyl carbamates (subject to hydrolysis) is 1. The number of benzene rings is 2. The Kier molecular flexibility index (Phi) is 11.8. The molecule has 5 N–H and O–H groups in total. The quantitative estimate of drug-likeness (QED) is 0.229. The van der Waals surface area contributed by atoms with Crippen molar-refractivity contribution in [2.75, 3.05) is 39.5 Å². The average Bonchev–Trinajstić information content (AvgIpc) is 3.68. The standard InChI is InChI=1S/C30H41N3O8/c34-27(25(15-21-7-3-1-4-8-21)32-29(36)41-24-12-14-40-20-24)17-31-18-28(35)26(16-22-9-5-2-6-10-22)33(30(37)38)23-11-13-39-19-23/h1-10,23-28,31,34-35H,11-20H2,(H,32,36)(H,37,38)/t23?,24-,25-,26-,27+,28+/m0/s1. The van der Waals surface area contributed by atoms with Gasteiger partial charge in [-0.05, 0) is 30.4 Å². The summed E-state index contributed by atoms with van der Waals surface area (Å²) in [5.74, 6) is 0. The van der Waals surface area contributed by atoms with Gasteiger partial charge in [0.1, 0.15) is 6.10 Å². The summed E-state index contributed by atoms with van der Waals surface area (Å²) in [4.78, 5) is 26.2. The van der Waals surface area contributed by atoms with Gasteiger partial charge in [-0.3, -0.25) is 4.90 Å². The van der Waals surface area contributed by atoms with Crippen molar-refractivity contribution in [2.24, 2.45) is 0 Å². The van der Waals surface area contributed by atoms with Gasteiger partial charge in [0.05, 0.1) is 50.2 Å². The molecular weight excluding hydrogens is 530 g/mol. The van der Waals surface area contributed by atoms with Crippen molar-refractivity contribution in [1.29, 1.82) is 0 Å². The number of carbonyl (C=O) groups excluding carboxylic acids is 1. The SMILES string of the molecule is O=C(N[C@@H](Cc1ccccc1)[C@H](O)CNC[C@@H](O)[C@H](Cc1ccccc1)N(C(=O)O)C1CCOC1)O[C@H]1CCOC1. The van der Waals surface area contributed by atoms with Crippen LogP contribution in [0.25, 0.3) is 0 Å². The molecule has 2 heterocycles. The van der Waals surface area contributed by atoms with Crippen molar-refractivity contribution in [3.8, 4) is 0 Å². The minimum absolute atomic E-state index is 0.0355. The maximum absolute atomic E-state index is 12.6. The second kappa shape index (κ2) is 15.7. The van der Waals surface area contributed by atoms with Crippen LogP contribution in [0.5, 0.6) is 0 Å². The Morgan fingerprint density at radius 2 is 1.49 bits per heavy atom. The zero-order chi connectivity index (χ0) is 29.0. The number of nitrogens with one attached hydrogen (secondary N) is 2. The van der Waals surface area contributed by atoms with E-state index in [2.05, 4.69) is 10.6 Å². The molecule has 0 spiro atoms. The van der Waals surface area contributed by atoms with Gasteiger partial charge in [-0.25, -0.2) is 9.59 Å². The molecule has 41 heavy (non-hydrogen) atoms. The monoisotopic (exact) mass is 571 g/mol. The van der Waals surface area contributed by atoms with Crippen LogP contribution in [0.4, 0.5) is 9.59 Å². The van der Waals surface area contributed by atoms with E-state index < -0.39 is 36.5 Å². The molecule has 4 rings (SSSR count). The number of aliphatic hydroxyl groups is 2. The van der Waals surface area contributed by atoms with Crippen molar-refractivity contribution >= 4 is 12.2 Å². The molecule has 2 amide bonds. The lowest BCUT2D eigenvalue weighted by Gasteiger charge is -2.37. The van der Waals surface area contributed by atoms with Gasteiger partial charge in [0.15, 0.2) is 0 Å². The Labute approximate surface area is 240 Å². The molecule has 2 aromatic rings. The Morgan fingerprint density at radius 1 is 0.878 bits per heavy atom. The van der Waals surface area contributed by atoms with Crippen LogP contribution in [0, 0.1) is 0 Å². The molecule has 11 heteroatoms. The number of aliphatic hydroxyl groups excluding tert-OH is 2. The lowest BCUT2D eigenvalue weighted by molar-refractivity contribution is 0.0224. The molecule has 0 bridgehead atoms. The summed E-state index contributed by atoms with van der Waals surface area (Å²) in [6.45, 7) is 1.74. The fraction of sp³-hybridized carbons (Fsp3) is 0.533. The largest absolute Gasteiger partial charge is 0.465 e. The Morgan fingerprint density at radius 3 is 2.07 bits per heavy atom. The normalized spacial score (nSPS) is 21.5. The maximum atomic E-state index is 12.6. The van der Waals surface area contributed by atoms with Crippen molar-refractivity contribution in [3.05, 3.63) is 71.8 Å². The van der Waals surface area contributed by atoms with Crippen LogP contribution in [0.1, 0.15) is 24.0 Å². The predicted molar refractivity (Wildman–Crippen MR) is 151 cm³/mol. The number of ether oxygens (including phenoxy) is 3. The molecule has 0 aliphatic carbocycles. The van der Waals surface area contributed by atoms with Gasteiger partial charge in [0.2, 0.25) is 0 Å². The summed E-state index contributed by atoms with van der Waals surface area (Å²) in [7, 11) is 0. The first-order chi connectivity index (χ1) is 19.9. The molecule has 11 nitrogen and oxygen atoms in total. The summed E-state index contributed by atoms with van der Waals surface area (Å²) >= 11 is 0. The second-order valence-corrected chi connectivity index (χ2v) is 10.6. The van der Waals surface area contributed by atoms with E-state index in [9.17, 15) is 24.9 Å². The minimum Gasteiger partial charge on any atom is -0.465 e. The third-order valence-electron chi connectivity index (χ3n) is 7.54. The highest BCUT2D eigenvalue weighted by Crippen LogP contribution is 2.21. The van der Waals surface area contributed by atoms with E-state index in [0.29, 0.717) is 45.5 Å². The first-order valence-corrected chi connectivity index (χ1v) is 14.2. The molecule has 2 saturated heterocycles. The third-order valence-corrected chi connectivity index (χ3v) is 7.54. The number of rotatable bonds is 14. The van der Waals surface area contributed by atoms with Crippen molar-refractivity contribution in [1.82, 2.24) is 15.5 Å². The van der Waals surface area contributed by atoms with Crippen LogP contribution in [-0.2, 0) is 27.1 Å². The molecule has 0 aromatic heterocycles. The van der Waals surface area contributed by atoms with Crippen LogP contribution in [0.15, 0.2) is 60.7 Å². The topological polar surface area (TPSA) is 150 Å². The van der Waals surface area contributed by atoms with Gasteiger partial charge in [-0.1, -0.05) is 60.7 Å². The second-order valence-electron chi connectivity index (χ2n) is 10.6. The van der Waals surface area contributed by atoms with Crippen LogP contribution < -0.4 is 10.6 Å². The Bertz CT molecular complexity index is 1060. The Hall–Kier alpha value is -3.22. The van der Waals surface area contributed by atoms with E-state index in [-0.39, 0.29) is 31.8 Å². The van der Waals surface area contributed by atoms with Gasteiger partial charge in [-0.15, -0.1) is 0 Å². The van der Waals surface area contributed by atoms with Gasteiger partial charge in [0.25, 0.3) is 0 Å². The van der Waals surface area contributed by atoms with E-state index in [4.69, 9.17) is 14.2 Å². The molecule has 2 aliphatic rings. The molecule has 2 aromatic carbocycles. The highest BCUT2D eigenvalue weighted by Gasteiger charge is 2.37. The summed E-state index contributed by atoms with van der Waals surface area (Å²) in [6, 6.07) is 17.2. The smallest absolute Gasteiger partial charge is 0.407 e. The van der Waals surface area contributed by atoms with Crippen molar-refractivity contribution < 1.29 is 39.1 Å². The van der Waals surface area contributed by atoms with Crippen LogP contribution >= 0.6 is 0 Å². The van der Waals surface area contributed by atoms with E-state index >= 15 is 0 Å². The Balaban J connectivity index is 1.39. The summed E-state index contributed by atoms with van der Waals surface area (Å²) < 4.78 is 16.1. The van der Waals surface area contributed by atoms with E-state index in [1.165, 1.54) is 4.90 Å². The van der Waals surface area contributed by atoms with Crippen LogP contribution in [0.3, 0.4) is 0 Å². The van der Waals surface area contributed by atoms with E-state index in [1.54, 1.807) is 0 Å². The molecule has 2 fully saturated rings. The summed E-state index contributed by atoms with van der Waals surface area (Å²) in [5, 5.41) is 38.3. The van der Waals surface area contributed by atoms with Crippen LogP contribution in [-0.4, -0.2) is 108 Å². The van der Waals surface area contributed by atoms with Gasteiger partial charge >= 0.3 is 12.2 Å². The van der Waals surface area contributed by atoms with Gasteiger partial charge in [-0.2, -0.15) is 0 Å². The minimum atomic E-state index is -1.11. The number of amides is 2. The van der Waals surface area contributed by atoms with Gasteiger partial charge in [0, 0.05) is 26.1 Å². The highest BCUT2D eigenvalue weighted by molar-refractivity contribution is 5.68. The molecule has 0 saturated carbocycles. The number of hydrogen-bond acceptors (Lipinski definition) is 8. The van der Waals surface area contributed by atoms with E-state index in [1.807, 2.05) is 60.7 Å². The number of carboxylic acid groups (broad SMARTS) is 1. The molecule has 224 valence electrons. The lowest BCUT2D eigenvalue weighted by Crippen LogP contribution is -2.56. The fourth-order valence-corrected chi connectivity index (χ4v) is 5.34. The molecular formula is C30H41N3O8. The summed E-state index contributed by atoms with van der Waals surface area (Å²) in [6.07, 6.45) is -2.25. The number of carbonyl (C=O) groups is 2. The molecule has 1 unspecified atom stereocenters. The zero-order valence-corrected chi connectivity index (χ0v) is 23.1. The first kappa shape index (κ1) is 30.7. The van der Waals surface area contributed by atoms with Gasteiger partial charge < -0.3 is 40.2 Å². The third kappa shape index (κ3) is 9.40. The lowest BCUT2D eigenvalue weighted by atomic mass is 9.97. The zero-order valence-electron chi connectivity index (χ0n) is 23.1. The average molecular weight is 572 g/mol. The number of nitrogens with zero attached hydrogens (tertiary/aromatic N) is 1. The van der Waals surface area contributed by atoms with Crippen LogP contribution in [0.2, 0.25) is 0 Å².